The van der Waals surface area contributed by atoms with Gasteiger partial charge >= 0.3 is 0 Å². The maximum Gasteiger partial charge on any atom is 0.140 e. The average Bonchev–Trinajstić information content (AvgIpc) is 2.73. The predicted octanol–water partition coefficient (Wildman–Crippen LogP) is 4.21. The largest absolute Gasteiger partial charge is 0.492 e. The quantitative estimate of drug-likeness (QED) is 0.792. The molecule has 0 saturated heterocycles. The Morgan fingerprint density at radius 1 is 1.44 bits per heavy atom. The molecule has 2 nitrogen and oxygen atoms in total. The van der Waals surface area contributed by atoms with Crippen molar-refractivity contribution < 1.29 is 4.74 Å². The van der Waals surface area contributed by atoms with Crippen LogP contribution in [0, 0.1) is 0 Å². The second-order valence-electron chi connectivity index (χ2n) is 3.91. The molecular weight excluding hydrogens is 218 g/mol. The highest BCUT2D eigenvalue weighted by Gasteiger charge is 2.11. The van der Waals surface area contributed by atoms with E-state index in [1.165, 1.54) is 9.58 Å². The number of thiophene rings is 1. The van der Waals surface area contributed by atoms with E-state index in [1.54, 1.807) is 0 Å². The zero-order chi connectivity index (χ0) is 11.5. The van der Waals surface area contributed by atoms with Crippen molar-refractivity contribution in [1.29, 1.82) is 0 Å². The first kappa shape index (κ1) is 11.4. The van der Waals surface area contributed by atoms with Gasteiger partial charge in [-0.3, -0.25) is 4.98 Å². The molecule has 0 aliphatic carbocycles. The number of rotatable bonds is 4. The molecule has 0 aliphatic heterocycles. The molecule has 0 saturated carbocycles. The van der Waals surface area contributed by atoms with Crippen molar-refractivity contribution in [3.05, 3.63) is 23.2 Å². The molecule has 0 bridgehead atoms. The van der Waals surface area contributed by atoms with E-state index in [0.29, 0.717) is 12.5 Å². The zero-order valence-corrected chi connectivity index (χ0v) is 10.8. The Labute approximate surface area is 100 Å². The van der Waals surface area contributed by atoms with Crippen LogP contribution in [0.25, 0.3) is 10.2 Å². The van der Waals surface area contributed by atoms with E-state index in [0.717, 1.165) is 17.7 Å². The van der Waals surface area contributed by atoms with Gasteiger partial charge in [-0.2, -0.15) is 0 Å². The second kappa shape index (κ2) is 4.83. The first-order valence-corrected chi connectivity index (χ1v) is 6.59. The summed E-state index contributed by atoms with van der Waals surface area (Å²) in [4.78, 5) is 5.79. The molecule has 0 amide bonds. The molecule has 0 N–H and O–H groups in total. The van der Waals surface area contributed by atoms with E-state index in [9.17, 15) is 0 Å². The number of hydrogen-bond acceptors (Lipinski definition) is 3. The Morgan fingerprint density at radius 2 is 2.25 bits per heavy atom. The Kier molecular flexibility index (Phi) is 3.44. The Bertz CT molecular complexity index is 478. The maximum absolute atomic E-state index is 5.62. The van der Waals surface area contributed by atoms with Crippen LogP contribution in [-0.2, 0) is 0 Å². The van der Waals surface area contributed by atoms with Crippen LogP contribution in [0.2, 0.25) is 0 Å². The number of aromatic nitrogens is 1. The summed E-state index contributed by atoms with van der Waals surface area (Å²) in [6.07, 6.45) is 2.98. The molecular formula is C13H17NOS. The fourth-order valence-corrected chi connectivity index (χ4v) is 2.86. The molecule has 0 spiro atoms. The summed E-state index contributed by atoms with van der Waals surface area (Å²) in [5.74, 6) is 1.57. The van der Waals surface area contributed by atoms with E-state index in [2.05, 4.69) is 24.9 Å². The SMILES string of the molecule is CCOc1ccnc2cc(C(C)CC)sc12. The van der Waals surface area contributed by atoms with E-state index >= 15 is 0 Å². The van der Waals surface area contributed by atoms with Crippen LogP contribution in [-0.4, -0.2) is 11.6 Å². The number of hydrogen-bond donors (Lipinski definition) is 0. The molecule has 16 heavy (non-hydrogen) atoms. The third-order valence-corrected chi connectivity index (χ3v) is 4.16. The van der Waals surface area contributed by atoms with Gasteiger partial charge in [0.25, 0.3) is 0 Å². The van der Waals surface area contributed by atoms with E-state index in [-0.39, 0.29) is 0 Å². The van der Waals surface area contributed by atoms with Crippen LogP contribution in [0.4, 0.5) is 0 Å². The van der Waals surface area contributed by atoms with Crippen molar-refractivity contribution in [3.63, 3.8) is 0 Å². The summed E-state index contributed by atoms with van der Waals surface area (Å²) in [6.45, 7) is 7.18. The van der Waals surface area contributed by atoms with Crippen LogP contribution in [0.15, 0.2) is 18.3 Å². The maximum atomic E-state index is 5.62. The Balaban J connectivity index is 2.48. The minimum Gasteiger partial charge on any atom is -0.492 e. The molecule has 0 radical (unpaired) electrons. The van der Waals surface area contributed by atoms with Crippen LogP contribution >= 0.6 is 11.3 Å². The van der Waals surface area contributed by atoms with Gasteiger partial charge in [-0.05, 0) is 31.4 Å². The summed E-state index contributed by atoms with van der Waals surface area (Å²) in [7, 11) is 0. The zero-order valence-electron chi connectivity index (χ0n) is 9.99. The molecule has 0 aromatic carbocycles. The highest BCUT2D eigenvalue weighted by Crippen LogP contribution is 2.36. The Hall–Kier alpha value is -1.09. The highest BCUT2D eigenvalue weighted by molar-refractivity contribution is 7.19. The number of fused-ring (bicyclic) bond motifs is 1. The molecule has 2 rings (SSSR count). The fraction of sp³-hybridized carbons (Fsp3) is 0.462. The predicted molar refractivity (Wildman–Crippen MR) is 69.5 cm³/mol. The van der Waals surface area contributed by atoms with Gasteiger partial charge in [0.05, 0.1) is 16.8 Å². The molecule has 2 aromatic rings. The summed E-state index contributed by atoms with van der Waals surface area (Å²) in [5.41, 5.74) is 1.06. The standard InChI is InChI=1S/C13H17NOS/c1-4-9(3)12-8-10-13(16-12)11(15-5-2)6-7-14-10/h6-9H,4-5H2,1-3H3. The summed E-state index contributed by atoms with van der Waals surface area (Å²) in [5, 5.41) is 0. The average molecular weight is 235 g/mol. The van der Waals surface area contributed by atoms with Crippen LogP contribution in [0.3, 0.4) is 0 Å². The molecule has 0 aliphatic rings. The van der Waals surface area contributed by atoms with Crippen molar-refractivity contribution in [3.8, 4) is 5.75 Å². The molecule has 2 aromatic heterocycles. The van der Waals surface area contributed by atoms with Gasteiger partial charge in [0.2, 0.25) is 0 Å². The third kappa shape index (κ3) is 2.05. The molecule has 3 heteroatoms. The first-order valence-electron chi connectivity index (χ1n) is 5.77. The normalized spacial score (nSPS) is 12.9. The first-order chi connectivity index (χ1) is 7.76. The lowest BCUT2D eigenvalue weighted by Gasteiger charge is -2.03. The summed E-state index contributed by atoms with van der Waals surface area (Å²) in [6, 6.07) is 4.14. The Morgan fingerprint density at radius 3 is 2.94 bits per heavy atom. The van der Waals surface area contributed by atoms with Crippen molar-refractivity contribution in [2.75, 3.05) is 6.61 Å². The van der Waals surface area contributed by atoms with Crippen LogP contribution in [0.1, 0.15) is 38.0 Å². The van der Waals surface area contributed by atoms with Gasteiger partial charge < -0.3 is 4.74 Å². The number of nitrogens with zero attached hydrogens (tertiary/aromatic N) is 1. The van der Waals surface area contributed by atoms with Gasteiger partial charge in [-0.15, -0.1) is 11.3 Å². The fourth-order valence-electron chi connectivity index (χ4n) is 1.65. The lowest BCUT2D eigenvalue weighted by Crippen LogP contribution is -1.91. The lowest BCUT2D eigenvalue weighted by atomic mass is 10.1. The van der Waals surface area contributed by atoms with Crippen LogP contribution in [0.5, 0.6) is 5.75 Å². The molecule has 0 fully saturated rings. The minimum absolute atomic E-state index is 0.605. The number of ether oxygens (including phenoxy) is 1. The lowest BCUT2D eigenvalue weighted by molar-refractivity contribution is 0.344. The summed E-state index contributed by atoms with van der Waals surface area (Å²) < 4.78 is 6.80. The van der Waals surface area contributed by atoms with Crippen molar-refractivity contribution >= 4 is 21.6 Å². The minimum atomic E-state index is 0.605. The highest BCUT2D eigenvalue weighted by atomic mass is 32.1. The van der Waals surface area contributed by atoms with Gasteiger partial charge in [0.15, 0.2) is 0 Å². The van der Waals surface area contributed by atoms with Gasteiger partial charge in [-0.1, -0.05) is 13.8 Å². The van der Waals surface area contributed by atoms with E-state index in [1.807, 2.05) is 30.5 Å². The van der Waals surface area contributed by atoms with Gasteiger partial charge in [-0.25, -0.2) is 0 Å². The van der Waals surface area contributed by atoms with Gasteiger partial charge in [0, 0.05) is 11.1 Å². The van der Waals surface area contributed by atoms with Gasteiger partial charge in [0.1, 0.15) is 5.75 Å². The van der Waals surface area contributed by atoms with Crippen molar-refractivity contribution in [2.24, 2.45) is 0 Å². The molecule has 1 atom stereocenters. The topological polar surface area (TPSA) is 22.1 Å². The van der Waals surface area contributed by atoms with Crippen molar-refractivity contribution in [2.45, 2.75) is 33.1 Å². The second-order valence-corrected chi connectivity index (χ2v) is 5.00. The molecule has 1 unspecified atom stereocenters. The monoisotopic (exact) mass is 235 g/mol. The van der Waals surface area contributed by atoms with E-state index < -0.39 is 0 Å². The third-order valence-electron chi connectivity index (χ3n) is 2.79. The van der Waals surface area contributed by atoms with Crippen LogP contribution < -0.4 is 4.74 Å². The molecule has 86 valence electrons. The number of pyridine rings is 1. The smallest absolute Gasteiger partial charge is 0.140 e. The van der Waals surface area contributed by atoms with Crippen molar-refractivity contribution in [1.82, 2.24) is 4.98 Å². The summed E-state index contributed by atoms with van der Waals surface area (Å²) >= 11 is 1.81. The van der Waals surface area contributed by atoms with E-state index in [4.69, 9.17) is 4.74 Å². The molecule has 2 heterocycles.